The summed E-state index contributed by atoms with van der Waals surface area (Å²) in [6, 6.07) is 12.4. The van der Waals surface area contributed by atoms with Crippen LogP contribution in [0.1, 0.15) is 12.5 Å². The lowest BCUT2D eigenvalue weighted by Gasteiger charge is -2.36. The van der Waals surface area contributed by atoms with Gasteiger partial charge in [-0.05, 0) is 48.9 Å². The van der Waals surface area contributed by atoms with Gasteiger partial charge in [-0.15, -0.1) is 0 Å². The standard InChI is InChI=1S/C23H29N3O6S/c1-17(24-33(29,30)21-9-7-19(31-2)8-10-21)23(28)26-13-11-25(12-14-26)22(27)16-18-5-4-6-20(15-18)32-3/h4-10,15,17,24H,11-14,16H2,1-3H3/t17-/m0/s1. The van der Waals surface area contributed by atoms with Gasteiger partial charge in [0.2, 0.25) is 21.8 Å². The Labute approximate surface area is 194 Å². The highest BCUT2D eigenvalue weighted by molar-refractivity contribution is 7.89. The molecule has 1 atom stereocenters. The highest BCUT2D eigenvalue weighted by atomic mass is 32.2. The van der Waals surface area contributed by atoms with Crippen LogP contribution in [0.3, 0.4) is 0 Å². The summed E-state index contributed by atoms with van der Waals surface area (Å²) in [5, 5.41) is 0. The Morgan fingerprint density at radius 2 is 1.55 bits per heavy atom. The number of carbonyl (C=O) groups is 2. The van der Waals surface area contributed by atoms with Gasteiger partial charge < -0.3 is 19.3 Å². The minimum Gasteiger partial charge on any atom is -0.497 e. The Hall–Kier alpha value is -3.11. The van der Waals surface area contributed by atoms with Crippen LogP contribution in [0.2, 0.25) is 0 Å². The minimum atomic E-state index is -3.86. The van der Waals surface area contributed by atoms with E-state index in [1.807, 2.05) is 24.3 Å². The maximum absolute atomic E-state index is 12.8. The average Bonchev–Trinajstić information content (AvgIpc) is 2.83. The zero-order valence-electron chi connectivity index (χ0n) is 19.0. The fourth-order valence-electron chi connectivity index (χ4n) is 3.62. The van der Waals surface area contributed by atoms with Crippen molar-refractivity contribution in [1.29, 1.82) is 0 Å². The molecule has 1 aliphatic heterocycles. The molecule has 2 aromatic carbocycles. The van der Waals surface area contributed by atoms with Gasteiger partial charge in [-0.1, -0.05) is 12.1 Å². The number of nitrogens with zero attached hydrogens (tertiary/aromatic N) is 2. The third-order valence-corrected chi connectivity index (χ3v) is 7.06. The van der Waals surface area contributed by atoms with Crippen LogP contribution in [0.15, 0.2) is 53.4 Å². The molecule has 1 heterocycles. The van der Waals surface area contributed by atoms with Gasteiger partial charge in [0.05, 0.1) is 31.6 Å². The van der Waals surface area contributed by atoms with E-state index in [-0.39, 0.29) is 23.1 Å². The molecule has 2 aromatic rings. The molecule has 1 saturated heterocycles. The third-order valence-electron chi connectivity index (χ3n) is 5.51. The molecule has 33 heavy (non-hydrogen) atoms. The topological polar surface area (TPSA) is 105 Å². The molecule has 2 amide bonds. The molecule has 1 fully saturated rings. The first-order chi connectivity index (χ1) is 15.7. The first-order valence-corrected chi connectivity index (χ1v) is 12.1. The SMILES string of the molecule is COc1ccc(S(=O)(=O)N[C@@H](C)C(=O)N2CCN(C(=O)Cc3cccc(OC)c3)CC2)cc1. The Balaban J connectivity index is 1.53. The maximum Gasteiger partial charge on any atom is 0.241 e. The van der Waals surface area contributed by atoms with E-state index >= 15 is 0 Å². The van der Waals surface area contributed by atoms with Crippen molar-refractivity contribution in [3.63, 3.8) is 0 Å². The molecule has 9 nitrogen and oxygen atoms in total. The van der Waals surface area contributed by atoms with Crippen LogP contribution in [0.25, 0.3) is 0 Å². The van der Waals surface area contributed by atoms with Crippen molar-refractivity contribution in [3.8, 4) is 11.5 Å². The lowest BCUT2D eigenvalue weighted by Crippen LogP contribution is -2.55. The van der Waals surface area contributed by atoms with Gasteiger partial charge in [0, 0.05) is 26.2 Å². The van der Waals surface area contributed by atoms with Crippen molar-refractivity contribution in [2.75, 3.05) is 40.4 Å². The summed E-state index contributed by atoms with van der Waals surface area (Å²) in [5.74, 6) is 0.884. The molecular formula is C23H29N3O6S. The number of sulfonamides is 1. The number of hydrogen-bond acceptors (Lipinski definition) is 6. The summed E-state index contributed by atoms with van der Waals surface area (Å²) in [5.41, 5.74) is 0.861. The Morgan fingerprint density at radius 1 is 0.939 bits per heavy atom. The lowest BCUT2D eigenvalue weighted by atomic mass is 10.1. The number of ether oxygens (including phenoxy) is 2. The summed E-state index contributed by atoms with van der Waals surface area (Å²) < 4.78 is 37.9. The smallest absolute Gasteiger partial charge is 0.241 e. The Morgan fingerprint density at radius 3 is 2.15 bits per heavy atom. The molecule has 0 saturated carbocycles. The molecule has 3 rings (SSSR count). The lowest BCUT2D eigenvalue weighted by molar-refractivity contribution is -0.139. The summed E-state index contributed by atoms with van der Waals surface area (Å²) in [7, 11) is -0.787. The molecule has 0 aliphatic carbocycles. The summed E-state index contributed by atoms with van der Waals surface area (Å²) >= 11 is 0. The largest absolute Gasteiger partial charge is 0.497 e. The zero-order chi connectivity index (χ0) is 24.0. The van der Waals surface area contributed by atoms with Crippen molar-refractivity contribution < 1.29 is 27.5 Å². The van der Waals surface area contributed by atoms with Crippen molar-refractivity contribution in [2.24, 2.45) is 0 Å². The number of amides is 2. The van der Waals surface area contributed by atoms with Gasteiger partial charge in [-0.25, -0.2) is 8.42 Å². The van der Waals surface area contributed by atoms with Crippen molar-refractivity contribution in [3.05, 3.63) is 54.1 Å². The van der Waals surface area contributed by atoms with Crippen LogP contribution in [-0.4, -0.2) is 76.5 Å². The number of hydrogen-bond donors (Lipinski definition) is 1. The van der Waals surface area contributed by atoms with Crippen LogP contribution < -0.4 is 14.2 Å². The van der Waals surface area contributed by atoms with E-state index in [9.17, 15) is 18.0 Å². The van der Waals surface area contributed by atoms with Gasteiger partial charge in [0.25, 0.3) is 0 Å². The van der Waals surface area contributed by atoms with Gasteiger partial charge in [-0.3, -0.25) is 9.59 Å². The summed E-state index contributed by atoms with van der Waals surface area (Å²) in [6.07, 6.45) is 0.253. The average molecular weight is 476 g/mol. The van der Waals surface area contributed by atoms with E-state index in [1.54, 1.807) is 29.0 Å². The van der Waals surface area contributed by atoms with Gasteiger partial charge in [-0.2, -0.15) is 4.72 Å². The fraction of sp³-hybridized carbons (Fsp3) is 0.391. The second-order valence-corrected chi connectivity index (χ2v) is 9.47. The van der Waals surface area contributed by atoms with E-state index in [1.165, 1.54) is 26.2 Å². The number of methoxy groups -OCH3 is 2. The third kappa shape index (κ3) is 6.23. The highest BCUT2D eigenvalue weighted by Crippen LogP contribution is 2.17. The first-order valence-electron chi connectivity index (χ1n) is 10.6. The highest BCUT2D eigenvalue weighted by Gasteiger charge is 2.29. The van der Waals surface area contributed by atoms with E-state index in [4.69, 9.17) is 9.47 Å². The number of benzene rings is 2. The molecule has 0 bridgehead atoms. The van der Waals surface area contributed by atoms with Crippen molar-refractivity contribution in [1.82, 2.24) is 14.5 Å². The second kappa shape index (κ2) is 10.7. The number of carbonyl (C=O) groups excluding carboxylic acids is 2. The molecule has 0 aromatic heterocycles. The normalized spacial score (nSPS) is 15.1. The summed E-state index contributed by atoms with van der Waals surface area (Å²) in [6.45, 7) is 3.00. The molecular weight excluding hydrogens is 446 g/mol. The van der Waals surface area contributed by atoms with Crippen molar-refractivity contribution in [2.45, 2.75) is 24.3 Å². The van der Waals surface area contributed by atoms with E-state index in [0.29, 0.717) is 37.7 Å². The van der Waals surface area contributed by atoms with E-state index in [0.717, 1.165) is 5.56 Å². The Bertz CT molecular complexity index is 1080. The zero-order valence-corrected chi connectivity index (χ0v) is 19.8. The van der Waals surface area contributed by atoms with Crippen LogP contribution in [-0.2, 0) is 26.0 Å². The van der Waals surface area contributed by atoms with Crippen LogP contribution in [0, 0.1) is 0 Å². The molecule has 10 heteroatoms. The quantitative estimate of drug-likeness (QED) is 0.617. The van der Waals surface area contributed by atoms with Crippen LogP contribution in [0.5, 0.6) is 11.5 Å². The molecule has 1 N–H and O–H groups in total. The van der Waals surface area contributed by atoms with Gasteiger partial charge >= 0.3 is 0 Å². The van der Waals surface area contributed by atoms with Crippen LogP contribution >= 0.6 is 0 Å². The molecule has 178 valence electrons. The fourth-order valence-corrected chi connectivity index (χ4v) is 4.82. The Kier molecular flexibility index (Phi) is 7.93. The predicted octanol–water partition coefficient (Wildman–Crippen LogP) is 1.28. The van der Waals surface area contributed by atoms with E-state index < -0.39 is 16.1 Å². The van der Waals surface area contributed by atoms with Crippen LogP contribution in [0.4, 0.5) is 0 Å². The monoisotopic (exact) mass is 475 g/mol. The molecule has 1 aliphatic rings. The summed E-state index contributed by atoms with van der Waals surface area (Å²) in [4.78, 5) is 28.8. The molecule has 0 spiro atoms. The maximum atomic E-state index is 12.8. The predicted molar refractivity (Wildman–Crippen MR) is 123 cm³/mol. The van der Waals surface area contributed by atoms with Crippen molar-refractivity contribution >= 4 is 21.8 Å². The second-order valence-electron chi connectivity index (χ2n) is 7.75. The molecule has 0 radical (unpaired) electrons. The number of nitrogens with one attached hydrogen (secondary N) is 1. The number of piperazine rings is 1. The molecule has 0 unspecified atom stereocenters. The first kappa shape index (κ1) is 24.5. The number of rotatable bonds is 8. The van der Waals surface area contributed by atoms with E-state index in [2.05, 4.69) is 4.72 Å². The minimum absolute atomic E-state index is 0.0244. The van der Waals surface area contributed by atoms with Gasteiger partial charge in [0.1, 0.15) is 11.5 Å². The van der Waals surface area contributed by atoms with Gasteiger partial charge in [0.15, 0.2) is 0 Å².